The van der Waals surface area contributed by atoms with Crippen LogP contribution in [0.5, 0.6) is 0 Å². The Morgan fingerprint density at radius 1 is 1.07 bits per heavy atom. The highest BCUT2D eigenvalue weighted by molar-refractivity contribution is 7.91. The fourth-order valence-corrected chi connectivity index (χ4v) is 5.74. The summed E-state index contributed by atoms with van der Waals surface area (Å²) in [4.78, 5) is 15.3. The zero-order valence-corrected chi connectivity index (χ0v) is 16.2. The van der Waals surface area contributed by atoms with Gasteiger partial charge in [0.25, 0.3) is 0 Å². The molecule has 0 radical (unpaired) electrons. The number of carbonyl (C=O) groups excluding carboxylic acids is 1. The fourth-order valence-electron chi connectivity index (χ4n) is 4.11. The number of nitrogens with zero attached hydrogens (tertiary/aromatic N) is 1. The molecule has 1 atom stereocenters. The Kier molecular flexibility index (Phi) is 4.64. The van der Waals surface area contributed by atoms with Crippen molar-refractivity contribution in [3.8, 4) is 0 Å². The van der Waals surface area contributed by atoms with Crippen molar-refractivity contribution >= 4 is 21.3 Å². The Morgan fingerprint density at radius 3 is 2.56 bits per heavy atom. The largest absolute Gasteiger partial charge is 0.338 e. The lowest BCUT2D eigenvalue weighted by Gasteiger charge is -2.32. The molecular formula is C22H23NO3S. The maximum absolute atomic E-state index is 13.1. The summed E-state index contributed by atoms with van der Waals surface area (Å²) in [5, 5.41) is 0. The lowest BCUT2D eigenvalue weighted by Crippen LogP contribution is -2.40. The second kappa shape index (κ2) is 6.97. The van der Waals surface area contributed by atoms with E-state index in [2.05, 4.69) is 25.1 Å². The van der Waals surface area contributed by atoms with E-state index in [1.165, 1.54) is 16.7 Å². The molecular weight excluding hydrogens is 358 g/mol. The highest BCUT2D eigenvalue weighted by atomic mass is 32.2. The molecule has 27 heavy (non-hydrogen) atoms. The van der Waals surface area contributed by atoms with Crippen molar-refractivity contribution in [3.63, 3.8) is 0 Å². The summed E-state index contributed by atoms with van der Waals surface area (Å²) in [6.07, 6.45) is 3.32. The number of benzene rings is 2. The quantitative estimate of drug-likeness (QED) is 0.799. The first-order valence-corrected chi connectivity index (χ1v) is 11.0. The van der Waals surface area contributed by atoms with Gasteiger partial charge in [0.2, 0.25) is 5.91 Å². The summed E-state index contributed by atoms with van der Waals surface area (Å²) in [6, 6.07) is 15.2. The third kappa shape index (κ3) is 3.32. The maximum atomic E-state index is 13.1. The summed E-state index contributed by atoms with van der Waals surface area (Å²) in [7, 11) is -3.27. The van der Waals surface area contributed by atoms with Gasteiger partial charge in [0, 0.05) is 13.1 Å². The predicted octanol–water partition coefficient (Wildman–Crippen LogP) is 3.57. The highest BCUT2D eigenvalue weighted by Crippen LogP contribution is 2.35. The van der Waals surface area contributed by atoms with E-state index < -0.39 is 9.84 Å². The van der Waals surface area contributed by atoms with Gasteiger partial charge >= 0.3 is 0 Å². The standard InChI is InChI=1S/C22H23NO3S/c1-16-6-2-3-7-18(16)17-10-13-23(14-11-17)22(24)20-12-15-27(25,26)21-9-5-4-8-19(20)21/h2-10,20H,11-15H2,1H3. The van der Waals surface area contributed by atoms with E-state index >= 15 is 0 Å². The first-order valence-electron chi connectivity index (χ1n) is 9.33. The minimum atomic E-state index is -3.27. The lowest BCUT2D eigenvalue weighted by atomic mass is 9.92. The van der Waals surface area contributed by atoms with Gasteiger partial charge in [0.15, 0.2) is 9.84 Å². The molecule has 2 heterocycles. The number of sulfone groups is 1. The van der Waals surface area contributed by atoms with E-state index in [9.17, 15) is 13.2 Å². The Hall–Kier alpha value is -2.40. The van der Waals surface area contributed by atoms with Crippen LogP contribution in [0.25, 0.3) is 5.57 Å². The summed E-state index contributed by atoms with van der Waals surface area (Å²) < 4.78 is 24.6. The van der Waals surface area contributed by atoms with Crippen LogP contribution < -0.4 is 0 Å². The molecule has 0 spiro atoms. The molecule has 1 unspecified atom stereocenters. The van der Waals surface area contributed by atoms with Crippen molar-refractivity contribution in [2.75, 3.05) is 18.8 Å². The van der Waals surface area contributed by atoms with E-state index in [0.717, 1.165) is 6.42 Å². The highest BCUT2D eigenvalue weighted by Gasteiger charge is 2.36. The second-order valence-electron chi connectivity index (χ2n) is 7.28. The molecule has 0 aliphatic carbocycles. The average Bonchev–Trinajstić information content (AvgIpc) is 2.68. The number of carbonyl (C=O) groups is 1. The molecule has 5 heteroatoms. The lowest BCUT2D eigenvalue weighted by molar-refractivity contribution is -0.132. The van der Waals surface area contributed by atoms with Crippen molar-refractivity contribution in [2.24, 2.45) is 0 Å². The van der Waals surface area contributed by atoms with Crippen molar-refractivity contribution in [1.29, 1.82) is 0 Å². The van der Waals surface area contributed by atoms with Crippen LogP contribution in [0.2, 0.25) is 0 Å². The Labute approximate surface area is 160 Å². The van der Waals surface area contributed by atoms with Gasteiger partial charge in [-0.15, -0.1) is 0 Å². The predicted molar refractivity (Wildman–Crippen MR) is 106 cm³/mol. The molecule has 0 fully saturated rings. The van der Waals surface area contributed by atoms with Gasteiger partial charge < -0.3 is 4.90 Å². The molecule has 4 rings (SSSR count). The third-order valence-electron chi connectivity index (χ3n) is 5.61. The minimum Gasteiger partial charge on any atom is -0.338 e. The van der Waals surface area contributed by atoms with Crippen LogP contribution in [-0.4, -0.2) is 38.1 Å². The second-order valence-corrected chi connectivity index (χ2v) is 9.35. The Bertz CT molecular complexity index is 1020. The molecule has 1 amide bonds. The van der Waals surface area contributed by atoms with E-state index in [4.69, 9.17) is 0 Å². The third-order valence-corrected chi connectivity index (χ3v) is 7.43. The van der Waals surface area contributed by atoms with Gasteiger partial charge in [-0.25, -0.2) is 8.42 Å². The first kappa shape index (κ1) is 18.0. The van der Waals surface area contributed by atoms with E-state index in [1.807, 2.05) is 23.1 Å². The van der Waals surface area contributed by atoms with Crippen molar-refractivity contribution in [3.05, 3.63) is 71.3 Å². The van der Waals surface area contributed by atoms with Crippen LogP contribution in [0.3, 0.4) is 0 Å². The van der Waals surface area contributed by atoms with E-state index in [0.29, 0.717) is 30.0 Å². The Morgan fingerprint density at radius 2 is 1.81 bits per heavy atom. The normalized spacial score (nSPS) is 21.3. The number of rotatable bonds is 2. The van der Waals surface area contributed by atoms with Crippen LogP contribution in [0.4, 0.5) is 0 Å². The number of aryl methyl sites for hydroxylation is 1. The Balaban J connectivity index is 1.56. The fraction of sp³-hybridized carbons (Fsp3) is 0.318. The number of hydrogen-bond donors (Lipinski definition) is 0. The van der Waals surface area contributed by atoms with Crippen LogP contribution in [0, 0.1) is 6.92 Å². The van der Waals surface area contributed by atoms with Crippen molar-refractivity contribution in [2.45, 2.75) is 30.6 Å². The van der Waals surface area contributed by atoms with Crippen LogP contribution in [0.1, 0.15) is 35.4 Å². The molecule has 2 aliphatic rings. The van der Waals surface area contributed by atoms with Crippen molar-refractivity contribution in [1.82, 2.24) is 4.90 Å². The van der Waals surface area contributed by atoms with Gasteiger partial charge in [0.1, 0.15) is 0 Å². The zero-order chi connectivity index (χ0) is 19.0. The van der Waals surface area contributed by atoms with Gasteiger partial charge in [-0.3, -0.25) is 4.79 Å². The zero-order valence-electron chi connectivity index (χ0n) is 15.4. The van der Waals surface area contributed by atoms with Gasteiger partial charge in [-0.1, -0.05) is 48.5 Å². The van der Waals surface area contributed by atoms with Crippen LogP contribution in [-0.2, 0) is 14.6 Å². The summed E-state index contributed by atoms with van der Waals surface area (Å²) >= 11 is 0. The summed E-state index contributed by atoms with van der Waals surface area (Å²) in [5.74, 6) is -0.283. The monoisotopic (exact) mass is 381 g/mol. The van der Waals surface area contributed by atoms with Gasteiger partial charge in [0.05, 0.1) is 16.6 Å². The molecule has 0 saturated heterocycles. The molecule has 0 bridgehead atoms. The molecule has 4 nitrogen and oxygen atoms in total. The summed E-state index contributed by atoms with van der Waals surface area (Å²) in [5.41, 5.74) is 4.43. The van der Waals surface area contributed by atoms with Crippen molar-refractivity contribution < 1.29 is 13.2 Å². The van der Waals surface area contributed by atoms with E-state index in [-0.39, 0.29) is 17.6 Å². The number of fused-ring (bicyclic) bond motifs is 1. The van der Waals surface area contributed by atoms with Gasteiger partial charge in [-0.2, -0.15) is 0 Å². The molecule has 140 valence electrons. The molecule has 0 N–H and O–H groups in total. The van der Waals surface area contributed by atoms with Crippen LogP contribution >= 0.6 is 0 Å². The van der Waals surface area contributed by atoms with Gasteiger partial charge in [-0.05, 0) is 48.1 Å². The molecule has 0 saturated carbocycles. The maximum Gasteiger partial charge on any atom is 0.230 e. The molecule has 2 aromatic rings. The average molecular weight is 381 g/mol. The minimum absolute atomic E-state index is 0.0393. The number of amides is 1. The molecule has 0 aromatic heterocycles. The molecule has 2 aromatic carbocycles. The van der Waals surface area contributed by atoms with E-state index in [1.54, 1.807) is 18.2 Å². The van der Waals surface area contributed by atoms with Crippen LogP contribution in [0.15, 0.2) is 59.5 Å². The molecule has 2 aliphatic heterocycles. The SMILES string of the molecule is Cc1ccccc1C1=CCN(C(=O)C2CCS(=O)(=O)c3ccccc32)CC1. The number of hydrogen-bond acceptors (Lipinski definition) is 3. The smallest absolute Gasteiger partial charge is 0.230 e. The first-order chi connectivity index (χ1) is 13.0. The summed E-state index contributed by atoms with van der Waals surface area (Å²) in [6.45, 7) is 3.35. The topological polar surface area (TPSA) is 54.5 Å².